The number of nitrogens with one attached hydrogen (secondary N) is 1. The Morgan fingerprint density at radius 3 is 2.40 bits per heavy atom. The Morgan fingerprint density at radius 2 is 1.87 bits per heavy atom. The second-order valence-corrected chi connectivity index (χ2v) is 4.35. The second kappa shape index (κ2) is 10.4. The highest BCUT2D eigenvalue weighted by Crippen LogP contribution is 2.11. The van der Waals surface area contributed by atoms with Crippen LogP contribution in [-0.2, 0) is 4.74 Å². The van der Waals surface area contributed by atoms with Crippen LogP contribution in [0.4, 0.5) is 0 Å². The Bertz CT molecular complexity index is 131. The molecule has 0 aromatic rings. The van der Waals surface area contributed by atoms with Crippen molar-refractivity contribution < 1.29 is 4.74 Å². The molecule has 15 heavy (non-hydrogen) atoms. The third kappa shape index (κ3) is 8.85. The van der Waals surface area contributed by atoms with E-state index in [-0.39, 0.29) is 0 Å². The van der Waals surface area contributed by atoms with Crippen LogP contribution in [0.25, 0.3) is 0 Å². The fourth-order valence-electron chi connectivity index (χ4n) is 1.76. The minimum absolute atomic E-state index is 0.293. The van der Waals surface area contributed by atoms with E-state index in [0.717, 1.165) is 12.8 Å². The standard InChI is InChI=1S/C12H28N2O/c1-4-5-6-7-8-9-12(14-13)10-11(2)15-3/h11-12,14H,4-10,13H2,1-3H3. The first-order valence-corrected chi connectivity index (χ1v) is 6.23. The highest BCUT2D eigenvalue weighted by atomic mass is 16.5. The van der Waals surface area contributed by atoms with Crippen LogP contribution in [0.5, 0.6) is 0 Å². The van der Waals surface area contributed by atoms with E-state index in [1.807, 2.05) is 0 Å². The summed E-state index contributed by atoms with van der Waals surface area (Å²) in [5.74, 6) is 5.51. The van der Waals surface area contributed by atoms with E-state index < -0.39 is 0 Å². The van der Waals surface area contributed by atoms with Crippen LogP contribution in [0.15, 0.2) is 0 Å². The molecular weight excluding hydrogens is 188 g/mol. The van der Waals surface area contributed by atoms with Crippen LogP contribution in [0.2, 0.25) is 0 Å². The number of hydrazine groups is 1. The van der Waals surface area contributed by atoms with Gasteiger partial charge < -0.3 is 4.74 Å². The molecule has 0 aliphatic rings. The molecule has 0 rings (SSSR count). The summed E-state index contributed by atoms with van der Waals surface area (Å²) in [5.41, 5.74) is 2.88. The minimum atomic E-state index is 0.293. The zero-order chi connectivity index (χ0) is 11.5. The quantitative estimate of drug-likeness (QED) is 0.335. The van der Waals surface area contributed by atoms with Crippen LogP contribution < -0.4 is 11.3 Å². The Morgan fingerprint density at radius 1 is 1.20 bits per heavy atom. The first-order chi connectivity index (χ1) is 7.24. The predicted molar refractivity (Wildman–Crippen MR) is 65.6 cm³/mol. The van der Waals surface area contributed by atoms with E-state index in [9.17, 15) is 0 Å². The molecule has 0 fully saturated rings. The fourth-order valence-corrected chi connectivity index (χ4v) is 1.76. The van der Waals surface area contributed by atoms with E-state index in [1.54, 1.807) is 7.11 Å². The predicted octanol–water partition coefficient (Wildman–Crippen LogP) is 2.60. The number of hydrogen-bond acceptors (Lipinski definition) is 3. The molecule has 2 atom stereocenters. The molecule has 0 aliphatic carbocycles. The first-order valence-electron chi connectivity index (χ1n) is 6.23. The number of hydrogen-bond donors (Lipinski definition) is 2. The van der Waals surface area contributed by atoms with Crippen LogP contribution in [0, 0.1) is 0 Å². The van der Waals surface area contributed by atoms with Crippen LogP contribution in [0.1, 0.15) is 58.8 Å². The molecule has 3 N–H and O–H groups in total. The van der Waals surface area contributed by atoms with E-state index >= 15 is 0 Å². The van der Waals surface area contributed by atoms with Gasteiger partial charge in [-0.2, -0.15) is 0 Å². The first kappa shape index (κ1) is 14.9. The van der Waals surface area contributed by atoms with Crippen molar-refractivity contribution in [3.8, 4) is 0 Å². The Kier molecular flexibility index (Phi) is 10.3. The third-order valence-electron chi connectivity index (χ3n) is 2.91. The lowest BCUT2D eigenvalue weighted by Gasteiger charge is -2.19. The Hall–Kier alpha value is -0.120. The van der Waals surface area contributed by atoms with Crippen molar-refractivity contribution in [1.82, 2.24) is 5.43 Å². The SMILES string of the molecule is CCCCCCCC(CC(C)OC)NN. The van der Waals surface area contributed by atoms with Crippen molar-refractivity contribution in [2.45, 2.75) is 70.9 Å². The molecule has 0 heterocycles. The molecule has 0 amide bonds. The summed E-state index contributed by atoms with van der Waals surface area (Å²) in [5, 5.41) is 0. The molecule has 0 radical (unpaired) electrons. The van der Waals surface area contributed by atoms with Gasteiger partial charge >= 0.3 is 0 Å². The largest absolute Gasteiger partial charge is 0.382 e. The van der Waals surface area contributed by atoms with Crippen LogP contribution in [-0.4, -0.2) is 19.3 Å². The molecule has 0 saturated heterocycles. The third-order valence-corrected chi connectivity index (χ3v) is 2.91. The van der Waals surface area contributed by atoms with Crippen LogP contribution in [0.3, 0.4) is 0 Å². The van der Waals surface area contributed by atoms with Crippen molar-refractivity contribution in [2.75, 3.05) is 7.11 Å². The van der Waals surface area contributed by atoms with Gasteiger partial charge in [0.25, 0.3) is 0 Å². The fraction of sp³-hybridized carbons (Fsp3) is 1.00. The smallest absolute Gasteiger partial charge is 0.0558 e. The monoisotopic (exact) mass is 216 g/mol. The molecule has 3 heteroatoms. The van der Waals surface area contributed by atoms with Gasteiger partial charge in [0.2, 0.25) is 0 Å². The van der Waals surface area contributed by atoms with Gasteiger partial charge in [0, 0.05) is 13.2 Å². The van der Waals surface area contributed by atoms with Crippen molar-refractivity contribution in [3.05, 3.63) is 0 Å². The summed E-state index contributed by atoms with van der Waals surface area (Å²) in [6, 6.07) is 0.404. The molecule has 0 bridgehead atoms. The average molecular weight is 216 g/mol. The topological polar surface area (TPSA) is 47.3 Å². The van der Waals surface area contributed by atoms with Crippen molar-refractivity contribution in [2.24, 2.45) is 5.84 Å². The molecule has 0 saturated carbocycles. The van der Waals surface area contributed by atoms with E-state index in [0.29, 0.717) is 12.1 Å². The Balaban J connectivity index is 3.44. The number of unbranched alkanes of at least 4 members (excludes halogenated alkanes) is 4. The maximum absolute atomic E-state index is 5.51. The zero-order valence-electron chi connectivity index (χ0n) is 10.6. The molecule has 2 unspecified atom stereocenters. The molecule has 3 nitrogen and oxygen atoms in total. The van der Waals surface area contributed by atoms with Gasteiger partial charge in [-0.15, -0.1) is 0 Å². The number of rotatable bonds is 10. The highest BCUT2D eigenvalue weighted by Gasteiger charge is 2.10. The van der Waals surface area contributed by atoms with Gasteiger partial charge in [-0.3, -0.25) is 11.3 Å². The lowest BCUT2D eigenvalue weighted by molar-refractivity contribution is 0.0989. The van der Waals surface area contributed by atoms with Crippen LogP contribution >= 0.6 is 0 Å². The van der Waals surface area contributed by atoms with Crippen molar-refractivity contribution in [1.29, 1.82) is 0 Å². The van der Waals surface area contributed by atoms with Gasteiger partial charge in [0.15, 0.2) is 0 Å². The molecule has 0 spiro atoms. The summed E-state index contributed by atoms with van der Waals surface area (Å²) in [6.07, 6.45) is 9.07. The van der Waals surface area contributed by atoms with Gasteiger partial charge in [-0.1, -0.05) is 39.0 Å². The summed E-state index contributed by atoms with van der Waals surface area (Å²) >= 11 is 0. The average Bonchev–Trinajstić information content (AvgIpc) is 2.26. The van der Waals surface area contributed by atoms with Crippen molar-refractivity contribution in [3.63, 3.8) is 0 Å². The molecular formula is C12H28N2O. The summed E-state index contributed by atoms with van der Waals surface area (Å²) in [4.78, 5) is 0. The van der Waals surface area contributed by atoms with Gasteiger partial charge in [-0.05, 0) is 19.8 Å². The summed E-state index contributed by atoms with van der Waals surface area (Å²) in [7, 11) is 1.75. The van der Waals surface area contributed by atoms with Gasteiger partial charge in [-0.25, -0.2) is 0 Å². The second-order valence-electron chi connectivity index (χ2n) is 4.35. The maximum Gasteiger partial charge on any atom is 0.0558 e. The molecule has 0 aromatic heterocycles. The minimum Gasteiger partial charge on any atom is -0.382 e. The highest BCUT2D eigenvalue weighted by molar-refractivity contribution is 4.67. The molecule has 0 aromatic carbocycles. The molecule has 0 aliphatic heterocycles. The lowest BCUT2D eigenvalue weighted by Crippen LogP contribution is -2.37. The summed E-state index contributed by atoms with van der Waals surface area (Å²) < 4.78 is 5.23. The number of nitrogens with two attached hydrogens (primary N) is 1. The van der Waals surface area contributed by atoms with E-state index in [4.69, 9.17) is 10.6 Å². The van der Waals surface area contributed by atoms with E-state index in [1.165, 1.54) is 32.1 Å². The lowest BCUT2D eigenvalue weighted by atomic mass is 10.0. The van der Waals surface area contributed by atoms with Gasteiger partial charge in [0.1, 0.15) is 0 Å². The number of ether oxygens (including phenoxy) is 1. The normalized spacial score (nSPS) is 15.2. The number of methoxy groups -OCH3 is 1. The van der Waals surface area contributed by atoms with Crippen molar-refractivity contribution >= 4 is 0 Å². The molecule has 92 valence electrons. The van der Waals surface area contributed by atoms with E-state index in [2.05, 4.69) is 19.3 Å². The summed E-state index contributed by atoms with van der Waals surface area (Å²) in [6.45, 7) is 4.33. The van der Waals surface area contributed by atoms with Gasteiger partial charge in [0.05, 0.1) is 6.10 Å². The zero-order valence-corrected chi connectivity index (χ0v) is 10.6. The maximum atomic E-state index is 5.51. The Labute approximate surface area is 94.7 Å².